The van der Waals surface area contributed by atoms with E-state index in [-0.39, 0.29) is 22.1 Å². The van der Waals surface area contributed by atoms with Gasteiger partial charge in [0, 0.05) is 5.56 Å². The summed E-state index contributed by atoms with van der Waals surface area (Å²) in [5.74, 6) is -0.151. The lowest BCUT2D eigenvalue weighted by molar-refractivity contribution is 0.470. The Kier molecular flexibility index (Phi) is 4.02. The molecular weight excluding hydrogens is 328 g/mol. The van der Waals surface area contributed by atoms with Gasteiger partial charge in [0.15, 0.2) is 11.5 Å². The molecule has 0 saturated heterocycles. The Morgan fingerprint density at radius 3 is 2.21 bits per heavy atom. The summed E-state index contributed by atoms with van der Waals surface area (Å²) in [7, 11) is -4.11. The molecule has 0 amide bonds. The number of rotatable bonds is 4. The van der Waals surface area contributed by atoms with Crippen molar-refractivity contribution in [2.45, 2.75) is 4.90 Å². The van der Waals surface area contributed by atoms with Crippen LogP contribution >= 0.6 is 0 Å². The maximum Gasteiger partial charge on any atom is 0.340 e. The minimum absolute atomic E-state index is 0.0165. The van der Waals surface area contributed by atoms with Crippen LogP contribution in [0.1, 0.15) is 0 Å². The molecule has 0 aliphatic heterocycles. The summed E-state index contributed by atoms with van der Waals surface area (Å²) >= 11 is 0. The molecule has 0 heterocycles. The molecule has 3 aromatic carbocycles. The summed E-state index contributed by atoms with van der Waals surface area (Å²) in [4.78, 5) is -0.0165. The second-order valence-corrected chi connectivity index (χ2v) is 6.43. The zero-order chi connectivity index (χ0) is 17.2. The van der Waals surface area contributed by atoms with Crippen molar-refractivity contribution in [3.05, 3.63) is 72.8 Å². The molecule has 3 aromatic rings. The summed E-state index contributed by atoms with van der Waals surface area (Å²) in [5, 5.41) is 18.6. The molecule has 0 aromatic heterocycles. The molecule has 0 unspecified atom stereocenters. The van der Waals surface area contributed by atoms with Crippen LogP contribution in [0, 0.1) is 12.1 Å². The minimum Gasteiger partial charge on any atom is -0.508 e. The van der Waals surface area contributed by atoms with Crippen LogP contribution in [0.4, 0.5) is 0 Å². The van der Waals surface area contributed by atoms with Crippen LogP contribution in [0.3, 0.4) is 0 Å². The first-order valence-electron chi connectivity index (χ1n) is 6.91. The van der Waals surface area contributed by atoms with Gasteiger partial charge in [-0.1, -0.05) is 30.3 Å². The average Bonchev–Trinajstić information content (AvgIpc) is 2.57. The first-order valence-corrected chi connectivity index (χ1v) is 8.32. The van der Waals surface area contributed by atoms with E-state index < -0.39 is 10.1 Å². The largest absolute Gasteiger partial charge is 0.508 e. The Morgan fingerprint density at radius 2 is 1.54 bits per heavy atom. The lowest BCUT2D eigenvalue weighted by atomic mass is 10.1. The fourth-order valence-corrected chi connectivity index (χ4v) is 3.26. The topological polar surface area (TPSA) is 83.8 Å². The van der Waals surface area contributed by atoms with Gasteiger partial charge < -0.3 is 14.4 Å². The van der Waals surface area contributed by atoms with Crippen LogP contribution in [0.2, 0.25) is 0 Å². The van der Waals surface area contributed by atoms with Crippen molar-refractivity contribution in [1.82, 2.24) is 0 Å². The van der Waals surface area contributed by atoms with Crippen molar-refractivity contribution in [3.63, 3.8) is 0 Å². The monoisotopic (exact) mass is 340 g/mol. The molecule has 6 heteroatoms. The van der Waals surface area contributed by atoms with E-state index in [0.717, 1.165) is 0 Å². The molecule has 5 nitrogen and oxygen atoms in total. The van der Waals surface area contributed by atoms with E-state index in [1.54, 1.807) is 30.3 Å². The number of phenolic OH excluding ortho intramolecular Hbond substituents is 1. The Labute approximate surface area is 139 Å². The Morgan fingerprint density at radius 1 is 0.833 bits per heavy atom. The minimum atomic E-state index is -4.11. The molecule has 0 radical (unpaired) electrons. The van der Waals surface area contributed by atoms with Crippen molar-refractivity contribution in [2.75, 3.05) is 0 Å². The number of benzene rings is 2. The maximum absolute atomic E-state index is 12.6. The van der Waals surface area contributed by atoms with Gasteiger partial charge in [-0.3, -0.25) is 0 Å². The third-order valence-corrected chi connectivity index (χ3v) is 4.53. The van der Waals surface area contributed by atoms with Crippen molar-refractivity contribution in [3.8, 4) is 28.4 Å². The SMILES string of the molecule is O=S(=O)(Oc1c#cc(O)cc1)c1ccccc1-c1ccc(O)cc1. The molecule has 0 atom stereocenters. The summed E-state index contributed by atoms with van der Waals surface area (Å²) < 4.78 is 30.2. The van der Waals surface area contributed by atoms with Crippen molar-refractivity contribution in [2.24, 2.45) is 0 Å². The van der Waals surface area contributed by atoms with Crippen molar-refractivity contribution >= 4 is 10.1 Å². The normalized spacial score (nSPS) is 10.8. The number of aromatic hydroxyl groups is 2. The van der Waals surface area contributed by atoms with Gasteiger partial charge in [0.05, 0.1) is 0 Å². The fraction of sp³-hybridized carbons (Fsp3) is 0. The average molecular weight is 340 g/mol. The Hall–Kier alpha value is -3.17. The van der Waals surface area contributed by atoms with E-state index in [0.29, 0.717) is 11.1 Å². The highest BCUT2D eigenvalue weighted by Gasteiger charge is 2.21. The van der Waals surface area contributed by atoms with E-state index in [9.17, 15) is 18.6 Å². The second kappa shape index (κ2) is 6.14. The molecule has 2 N–H and O–H groups in total. The summed E-state index contributed by atoms with van der Waals surface area (Å²) in [6.07, 6.45) is 0. The molecular formula is C18H12O5S. The van der Waals surface area contributed by atoms with Crippen LogP contribution in [-0.2, 0) is 10.1 Å². The van der Waals surface area contributed by atoms with Gasteiger partial charge in [0.25, 0.3) is 0 Å². The highest BCUT2D eigenvalue weighted by molar-refractivity contribution is 7.87. The highest BCUT2D eigenvalue weighted by Crippen LogP contribution is 2.30. The number of hydrogen-bond acceptors (Lipinski definition) is 5. The quantitative estimate of drug-likeness (QED) is 0.713. The highest BCUT2D eigenvalue weighted by atomic mass is 32.2. The molecule has 3 rings (SSSR count). The lowest BCUT2D eigenvalue weighted by Gasteiger charge is -2.11. The molecule has 0 saturated carbocycles. The van der Waals surface area contributed by atoms with Crippen molar-refractivity contribution in [1.29, 1.82) is 0 Å². The smallest absolute Gasteiger partial charge is 0.340 e. The fourth-order valence-electron chi connectivity index (χ4n) is 2.14. The molecule has 0 bridgehead atoms. The van der Waals surface area contributed by atoms with Gasteiger partial charge in [0.2, 0.25) is 0 Å². The third-order valence-electron chi connectivity index (χ3n) is 3.24. The van der Waals surface area contributed by atoms with E-state index >= 15 is 0 Å². The van der Waals surface area contributed by atoms with Gasteiger partial charge in [-0.2, -0.15) is 8.42 Å². The number of hydrogen-bond donors (Lipinski definition) is 2. The van der Waals surface area contributed by atoms with Crippen LogP contribution in [-0.4, -0.2) is 18.6 Å². The summed E-state index contributed by atoms with van der Waals surface area (Å²) in [5.41, 5.74) is 1.07. The second-order valence-electron chi connectivity index (χ2n) is 4.91. The Balaban J connectivity index is 2.02. The van der Waals surface area contributed by atoms with Crippen LogP contribution in [0.15, 0.2) is 65.6 Å². The third kappa shape index (κ3) is 3.26. The van der Waals surface area contributed by atoms with Crippen LogP contribution < -0.4 is 4.18 Å². The zero-order valence-electron chi connectivity index (χ0n) is 12.3. The molecule has 0 aliphatic carbocycles. The zero-order valence-corrected chi connectivity index (χ0v) is 13.1. The van der Waals surface area contributed by atoms with Crippen molar-refractivity contribution < 1.29 is 22.8 Å². The predicted octanol–water partition coefficient (Wildman–Crippen LogP) is 3.13. The van der Waals surface area contributed by atoms with Gasteiger partial charge >= 0.3 is 10.1 Å². The summed E-state index contributed by atoms with van der Waals surface area (Å²) in [6, 6.07) is 19.9. The van der Waals surface area contributed by atoms with Crippen LogP contribution in [0.25, 0.3) is 11.1 Å². The van der Waals surface area contributed by atoms with Crippen LogP contribution in [0.5, 0.6) is 17.2 Å². The van der Waals surface area contributed by atoms with Gasteiger partial charge in [-0.15, -0.1) is 0 Å². The molecule has 0 spiro atoms. The molecule has 0 fully saturated rings. The van der Waals surface area contributed by atoms with E-state index in [2.05, 4.69) is 12.1 Å². The van der Waals surface area contributed by atoms with Gasteiger partial charge in [-0.05, 0) is 48.0 Å². The Bertz CT molecular complexity index is 945. The van der Waals surface area contributed by atoms with Gasteiger partial charge in [0.1, 0.15) is 10.6 Å². The van der Waals surface area contributed by atoms with Gasteiger partial charge in [-0.25, -0.2) is 0 Å². The molecule has 0 aliphatic rings. The first-order chi connectivity index (χ1) is 11.5. The lowest BCUT2D eigenvalue weighted by Crippen LogP contribution is -2.10. The predicted molar refractivity (Wildman–Crippen MR) is 87.1 cm³/mol. The van der Waals surface area contributed by atoms with E-state index in [1.807, 2.05) is 0 Å². The maximum atomic E-state index is 12.6. The summed E-state index contributed by atoms with van der Waals surface area (Å²) in [6.45, 7) is 0. The van der Waals surface area contributed by atoms with E-state index in [4.69, 9.17) is 4.18 Å². The molecule has 120 valence electrons. The van der Waals surface area contributed by atoms with E-state index in [1.165, 1.54) is 30.3 Å². The first kappa shape index (κ1) is 15.7. The molecule has 24 heavy (non-hydrogen) atoms. The number of phenols is 1. The standard InChI is InChI=1S/C18H12O5S/c19-14-7-5-13(6-8-14)17-3-1-2-4-18(17)24(21,22)23-16-11-9-15(20)10-12-16/h1-9,11,19-20H.